The highest BCUT2D eigenvalue weighted by Gasteiger charge is 2.01. The Morgan fingerprint density at radius 2 is 1.95 bits per heavy atom. The van der Waals surface area contributed by atoms with Crippen molar-refractivity contribution in [2.45, 2.75) is 32.7 Å². The van der Waals surface area contributed by atoms with Crippen LogP contribution in [0.1, 0.15) is 31.7 Å². The molecule has 1 aromatic carbocycles. The predicted octanol–water partition coefficient (Wildman–Crippen LogP) is 2.53. The third-order valence-corrected chi connectivity index (χ3v) is 2.80. The van der Waals surface area contributed by atoms with Gasteiger partial charge in [0.15, 0.2) is 0 Å². The maximum Gasteiger partial charge on any atom is 0.332 e. The van der Waals surface area contributed by atoms with Crippen LogP contribution in [0.4, 0.5) is 0 Å². The standard InChI is InChI=1S/C16H25NO3/c1-2-3-12-20-16(18)14-19-11-7-10-17-13-15-8-5-4-6-9-15/h4-6,8-9,17H,2-3,7,10-14H2,1H3. The summed E-state index contributed by atoms with van der Waals surface area (Å²) in [5.74, 6) is -0.268. The molecule has 0 saturated heterocycles. The van der Waals surface area contributed by atoms with E-state index in [1.165, 1.54) is 5.56 Å². The molecule has 0 amide bonds. The molecule has 112 valence electrons. The minimum atomic E-state index is -0.268. The fraction of sp³-hybridized carbons (Fsp3) is 0.562. The molecule has 1 N–H and O–H groups in total. The molecule has 1 rings (SSSR count). The molecule has 0 atom stereocenters. The molecule has 0 aliphatic heterocycles. The first kappa shape index (κ1) is 16.7. The van der Waals surface area contributed by atoms with Crippen LogP contribution in [0, 0.1) is 0 Å². The van der Waals surface area contributed by atoms with Gasteiger partial charge in [-0.15, -0.1) is 0 Å². The zero-order valence-corrected chi connectivity index (χ0v) is 12.3. The monoisotopic (exact) mass is 279 g/mol. The molecule has 0 aromatic heterocycles. The number of esters is 1. The zero-order valence-electron chi connectivity index (χ0n) is 12.3. The van der Waals surface area contributed by atoms with Gasteiger partial charge < -0.3 is 14.8 Å². The summed E-state index contributed by atoms with van der Waals surface area (Å²) in [5, 5.41) is 3.34. The summed E-state index contributed by atoms with van der Waals surface area (Å²) in [6, 6.07) is 10.3. The fourth-order valence-electron chi connectivity index (χ4n) is 1.66. The van der Waals surface area contributed by atoms with Crippen LogP contribution < -0.4 is 5.32 Å². The quantitative estimate of drug-likeness (QED) is 0.499. The van der Waals surface area contributed by atoms with Crippen molar-refractivity contribution in [2.24, 2.45) is 0 Å². The van der Waals surface area contributed by atoms with E-state index in [1.54, 1.807) is 0 Å². The number of hydrogen-bond donors (Lipinski definition) is 1. The third-order valence-electron chi connectivity index (χ3n) is 2.80. The van der Waals surface area contributed by atoms with Crippen molar-refractivity contribution in [1.29, 1.82) is 0 Å². The molecule has 0 saturated carbocycles. The van der Waals surface area contributed by atoms with Crippen LogP contribution in [0.15, 0.2) is 30.3 Å². The maximum absolute atomic E-state index is 11.2. The van der Waals surface area contributed by atoms with Gasteiger partial charge in [0, 0.05) is 13.2 Å². The second-order valence-electron chi connectivity index (χ2n) is 4.64. The van der Waals surface area contributed by atoms with E-state index >= 15 is 0 Å². The molecule has 1 aromatic rings. The second-order valence-corrected chi connectivity index (χ2v) is 4.64. The van der Waals surface area contributed by atoms with Crippen LogP contribution in [-0.4, -0.2) is 32.3 Å². The Hall–Kier alpha value is -1.39. The van der Waals surface area contributed by atoms with Gasteiger partial charge in [-0.1, -0.05) is 43.7 Å². The van der Waals surface area contributed by atoms with E-state index in [0.29, 0.717) is 13.2 Å². The summed E-state index contributed by atoms with van der Waals surface area (Å²) in [5.41, 5.74) is 1.27. The van der Waals surface area contributed by atoms with Gasteiger partial charge >= 0.3 is 5.97 Å². The summed E-state index contributed by atoms with van der Waals surface area (Å²) in [6.45, 7) is 4.93. The molecule has 0 heterocycles. The highest BCUT2D eigenvalue weighted by Crippen LogP contribution is 1.97. The average Bonchev–Trinajstić information content (AvgIpc) is 2.47. The van der Waals surface area contributed by atoms with E-state index in [-0.39, 0.29) is 12.6 Å². The van der Waals surface area contributed by atoms with E-state index in [0.717, 1.165) is 32.4 Å². The lowest BCUT2D eigenvalue weighted by atomic mass is 10.2. The molecule has 0 bridgehead atoms. The lowest BCUT2D eigenvalue weighted by Gasteiger charge is -2.06. The topological polar surface area (TPSA) is 47.6 Å². The van der Waals surface area contributed by atoms with Gasteiger partial charge in [0.05, 0.1) is 6.61 Å². The molecule has 20 heavy (non-hydrogen) atoms. The Kier molecular flexibility index (Phi) is 9.53. The number of unbranched alkanes of at least 4 members (excludes halogenated alkanes) is 1. The Morgan fingerprint density at radius 3 is 2.70 bits per heavy atom. The van der Waals surface area contributed by atoms with Gasteiger partial charge in [-0.05, 0) is 24.9 Å². The third kappa shape index (κ3) is 8.67. The van der Waals surface area contributed by atoms with Crippen LogP contribution in [0.25, 0.3) is 0 Å². The minimum absolute atomic E-state index is 0.0579. The first-order valence-corrected chi connectivity index (χ1v) is 7.31. The van der Waals surface area contributed by atoms with Gasteiger partial charge in [-0.2, -0.15) is 0 Å². The molecule has 4 heteroatoms. The number of ether oxygens (including phenoxy) is 2. The van der Waals surface area contributed by atoms with Gasteiger partial charge in [0.25, 0.3) is 0 Å². The van der Waals surface area contributed by atoms with Crippen LogP contribution in [-0.2, 0) is 20.8 Å². The number of carbonyl (C=O) groups is 1. The summed E-state index contributed by atoms with van der Waals surface area (Å²) in [7, 11) is 0. The zero-order chi connectivity index (χ0) is 14.5. The molecule has 0 unspecified atom stereocenters. The van der Waals surface area contributed by atoms with Crippen LogP contribution >= 0.6 is 0 Å². The van der Waals surface area contributed by atoms with Gasteiger partial charge in [0.2, 0.25) is 0 Å². The van der Waals surface area contributed by atoms with E-state index in [4.69, 9.17) is 9.47 Å². The Labute approximate surface area is 121 Å². The highest BCUT2D eigenvalue weighted by atomic mass is 16.6. The average molecular weight is 279 g/mol. The molecular formula is C16H25NO3. The molecule has 4 nitrogen and oxygen atoms in total. The molecule has 0 aliphatic carbocycles. The number of nitrogens with one attached hydrogen (secondary N) is 1. The van der Waals surface area contributed by atoms with Crippen molar-refractivity contribution in [1.82, 2.24) is 5.32 Å². The Morgan fingerprint density at radius 1 is 1.15 bits per heavy atom. The fourth-order valence-corrected chi connectivity index (χ4v) is 1.66. The largest absolute Gasteiger partial charge is 0.464 e. The van der Waals surface area contributed by atoms with Crippen molar-refractivity contribution >= 4 is 5.97 Å². The van der Waals surface area contributed by atoms with Crippen LogP contribution in [0.5, 0.6) is 0 Å². The number of benzene rings is 1. The van der Waals surface area contributed by atoms with Crippen molar-refractivity contribution in [3.05, 3.63) is 35.9 Å². The molecule has 0 aliphatic rings. The van der Waals surface area contributed by atoms with Crippen molar-refractivity contribution in [2.75, 3.05) is 26.4 Å². The SMILES string of the molecule is CCCCOC(=O)COCCCNCc1ccccc1. The van der Waals surface area contributed by atoms with Gasteiger partial charge in [0.1, 0.15) is 6.61 Å². The summed E-state index contributed by atoms with van der Waals surface area (Å²) in [6.07, 6.45) is 2.82. The smallest absolute Gasteiger partial charge is 0.332 e. The summed E-state index contributed by atoms with van der Waals surface area (Å²) >= 11 is 0. The van der Waals surface area contributed by atoms with Crippen molar-refractivity contribution in [3.63, 3.8) is 0 Å². The van der Waals surface area contributed by atoms with Crippen LogP contribution in [0.3, 0.4) is 0 Å². The van der Waals surface area contributed by atoms with Crippen molar-refractivity contribution < 1.29 is 14.3 Å². The molecule has 0 fully saturated rings. The lowest BCUT2D eigenvalue weighted by molar-refractivity contribution is -0.149. The summed E-state index contributed by atoms with van der Waals surface area (Å²) in [4.78, 5) is 11.2. The molecular weight excluding hydrogens is 254 g/mol. The first-order valence-electron chi connectivity index (χ1n) is 7.31. The van der Waals surface area contributed by atoms with E-state index in [2.05, 4.69) is 24.4 Å². The number of hydrogen-bond acceptors (Lipinski definition) is 4. The van der Waals surface area contributed by atoms with Crippen molar-refractivity contribution in [3.8, 4) is 0 Å². The minimum Gasteiger partial charge on any atom is -0.464 e. The van der Waals surface area contributed by atoms with Gasteiger partial charge in [-0.3, -0.25) is 0 Å². The van der Waals surface area contributed by atoms with Gasteiger partial charge in [-0.25, -0.2) is 4.79 Å². The summed E-state index contributed by atoms with van der Waals surface area (Å²) < 4.78 is 10.3. The lowest BCUT2D eigenvalue weighted by Crippen LogP contribution is -2.18. The Balaban J connectivity index is 1.88. The molecule has 0 spiro atoms. The maximum atomic E-state index is 11.2. The predicted molar refractivity (Wildman–Crippen MR) is 79.5 cm³/mol. The Bertz CT molecular complexity index is 354. The van der Waals surface area contributed by atoms with E-state index in [1.807, 2.05) is 18.2 Å². The number of rotatable bonds is 11. The normalized spacial score (nSPS) is 10.4. The second kappa shape index (κ2) is 11.4. The van der Waals surface area contributed by atoms with E-state index < -0.39 is 0 Å². The number of carbonyl (C=O) groups excluding carboxylic acids is 1. The first-order chi connectivity index (χ1) is 9.83. The highest BCUT2D eigenvalue weighted by molar-refractivity contribution is 5.70. The van der Waals surface area contributed by atoms with Crippen LogP contribution in [0.2, 0.25) is 0 Å². The molecule has 0 radical (unpaired) electrons. The van der Waals surface area contributed by atoms with E-state index in [9.17, 15) is 4.79 Å².